The van der Waals surface area contributed by atoms with Crippen molar-refractivity contribution in [3.05, 3.63) is 22.2 Å². The van der Waals surface area contributed by atoms with Crippen LogP contribution >= 0.6 is 15.9 Å². The molecule has 2 aliphatic heterocycles. The van der Waals surface area contributed by atoms with E-state index in [1.807, 2.05) is 12.1 Å². The number of ether oxygens (including phenoxy) is 3. The highest BCUT2D eigenvalue weighted by Gasteiger charge is 2.18. The first-order chi connectivity index (χ1) is 10.8. The summed E-state index contributed by atoms with van der Waals surface area (Å²) in [4.78, 5) is 4.23. The molecule has 1 aromatic rings. The van der Waals surface area contributed by atoms with Crippen molar-refractivity contribution in [3.63, 3.8) is 0 Å². The van der Waals surface area contributed by atoms with Crippen LogP contribution in [0, 0.1) is 0 Å². The van der Waals surface area contributed by atoms with Crippen LogP contribution in [0.15, 0.2) is 21.6 Å². The molecule has 0 amide bonds. The summed E-state index contributed by atoms with van der Waals surface area (Å²) in [5.41, 5.74) is 1.09. The molecule has 1 atom stereocenters. The van der Waals surface area contributed by atoms with Crippen molar-refractivity contribution in [1.29, 1.82) is 0 Å². The van der Waals surface area contributed by atoms with Gasteiger partial charge in [-0.1, -0.05) is 0 Å². The lowest BCUT2D eigenvalue weighted by molar-refractivity contribution is 0.114. The summed E-state index contributed by atoms with van der Waals surface area (Å²) in [6.07, 6.45) is 2.54. The maximum Gasteiger partial charge on any atom is 0.231 e. The predicted octanol–water partition coefficient (Wildman–Crippen LogP) is 2.02. The summed E-state index contributed by atoms with van der Waals surface area (Å²) in [7, 11) is 1.76. The average Bonchev–Trinajstić information content (AvgIpc) is 3.18. The average molecular weight is 370 g/mol. The van der Waals surface area contributed by atoms with E-state index in [4.69, 9.17) is 14.2 Å². The van der Waals surface area contributed by atoms with E-state index in [2.05, 4.69) is 31.6 Å². The van der Waals surface area contributed by atoms with Crippen molar-refractivity contribution in [2.75, 3.05) is 27.0 Å². The Kier molecular flexibility index (Phi) is 5.04. The second-order valence-corrected chi connectivity index (χ2v) is 6.11. The first-order valence-corrected chi connectivity index (χ1v) is 8.19. The van der Waals surface area contributed by atoms with E-state index in [9.17, 15) is 0 Å². The number of nitrogens with one attached hydrogen (secondary N) is 2. The Morgan fingerprint density at radius 2 is 2.27 bits per heavy atom. The van der Waals surface area contributed by atoms with Crippen LogP contribution in [0.3, 0.4) is 0 Å². The molecule has 0 radical (unpaired) electrons. The number of fused-ring (bicyclic) bond motifs is 1. The fourth-order valence-corrected chi connectivity index (χ4v) is 3.15. The molecular weight excluding hydrogens is 350 g/mol. The van der Waals surface area contributed by atoms with Gasteiger partial charge in [0.15, 0.2) is 17.5 Å². The molecule has 1 aromatic carbocycles. The van der Waals surface area contributed by atoms with Crippen molar-refractivity contribution < 1.29 is 14.2 Å². The number of benzene rings is 1. The summed E-state index contributed by atoms with van der Waals surface area (Å²) in [5, 5.41) is 6.59. The smallest absolute Gasteiger partial charge is 0.231 e. The molecule has 3 rings (SSSR count). The maximum atomic E-state index is 5.59. The van der Waals surface area contributed by atoms with Gasteiger partial charge in [0.25, 0.3) is 0 Å². The molecule has 1 saturated heterocycles. The fraction of sp³-hybridized carbons (Fsp3) is 0.533. The van der Waals surface area contributed by atoms with Gasteiger partial charge in [-0.2, -0.15) is 0 Å². The molecule has 1 fully saturated rings. The van der Waals surface area contributed by atoms with Crippen LogP contribution in [0.2, 0.25) is 0 Å². The van der Waals surface area contributed by atoms with Gasteiger partial charge in [0.05, 0.1) is 10.6 Å². The lowest BCUT2D eigenvalue weighted by Crippen LogP contribution is -2.40. The zero-order valence-electron chi connectivity index (χ0n) is 12.5. The van der Waals surface area contributed by atoms with Gasteiger partial charge in [-0.25, -0.2) is 0 Å². The largest absolute Gasteiger partial charge is 0.454 e. The second kappa shape index (κ2) is 7.19. The van der Waals surface area contributed by atoms with E-state index in [1.54, 1.807) is 7.05 Å². The van der Waals surface area contributed by atoms with Crippen LogP contribution < -0.4 is 20.1 Å². The highest BCUT2D eigenvalue weighted by Crippen LogP contribution is 2.39. The van der Waals surface area contributed by atoms with E-state index in [1.165, 1.54) is 0 Å². The standard InChI is InChI=1S/C15H20BrN3O3/c1-17-15(19-8-11-3-2-4-20-11)18-7-10-5-12(16)14-13(6-10)21-9-22-14/h5-6,11H,2-4,7-9H2,1H3,(H2,17,18,19). The molecule has 2 aliphatic rings. The normalized spacial score (nSPS) is 20.3. The molecule has 6 nitrogen and oxygen atoms in total. The molecule has 7 heteroatoms. The zero-order chi connectivity index (χ0) is 15.4. The second-order valence-electron chi connectivity index (χ2n) is 5.25. The Hall–Kier alpha value is -1.47. The number of rotatable bonds is 4. The third kappa shape index (κ3) is 3.64. The Balaban J connectivity index is 1.53. The van der Waals surface area contributed by atoms with Crippen LogP contribution in [0.25, 0.3) is 0 Å². The summed E-state index contributed by atoms with van der Waals surface area (Å²) >= 11 is 3.50. The van der Waals surface area contributed by atoms with Crippen LogP contribution in [-0.2, 0) is 11.3 Å². The van der Waals surface area contributed by atoms with Crippen molar-refractivity contribution in [3.8, 4) is 11.5 Å². The van der Waals surface area contributed by atoms with Gasteiger partial charge < -0.3 is 24.8 Å². The van der Waals surface area contributed by atoms with E-state index >= 15 is 0 Å². The minimum Gasteiger partial charge on any atom is -0.454 e. The van der Waals surface area contributed by atoms with Crippen LogP contribution in [0.1, 0.15) is 18.4 Å². The van der Waals surface area contributed by atoms with Gasteiger partial charge in [0, 0.05) is 26.7 Å². The Morgan fingerprint density at radius 3 is 3.05 bits per heavy atom. The summed E-state index contributed by atoms with van der Waals surface area (Å²) in [6, 6.07) is 4.00. The molecule has 0 aliphatic carbocycles. The minimum absolute atomic E-state index is 0.273. The van der Waals surface area contributed by atoms with Gasteiger partial charge in [0.2, 0.25) is 6.79 Å². The quantitative estimate of drug-likeness (QED) is 0.627. The minimum atomic E-state index is 0.273. The van der Waals surface area contributed by atoms with Gasteiger partial charge in [-0.3, -0.25) is 4.99 Å². The predicted molar refractivity (Wildman–Crippen MR) is 87.4 cm³/mol. The Morgan fingerprint density at radius 1 is 1.36 bits per heavy atom. The Bertz CT molecular complexity index is 559. The molecule has 120 valence electrons. The van der Waals surface area contributed by atoms with Crippen molar-refractivity contribution >= 4 is 21.9 Å². The van der Waals surface area contributed by atoms with Crippen LogP contribution in [0.4, 0.5) is 0 Å². The van der Waals surface area contributed by atoms with Crippen LogP contribution in [-0.4, -0.2) is 39.1 Å². The first kappa shape index (κ1) is 15.4. The fourth-order valence-electron chi connectivity index (χ4n) is 2.55. The van der Waals surface area contributed by atoms with E-state index in [-0.39, 0.29) is 6.79 Å². The highest BCUT2D eigenvalue weighted by molar-refractivity contribution is 9.10. The maximum absolute atomic E-state index is 5.59. The SMILES string of the molecule is CN=C(NCc1cc(Br)c2c(c1)OCO2)NCC1CCCO1. The monoisotopic (exact) mass is 369 g/mol. The number of hydrogen-bond donors (Lipinski definition) is 2. The lowest BCUT2D eigenvalue weighted by Gasteiger charge is -2.15. The summed E-state index contributed by atoms with van der Waals surface area (Å²) in [6.45, 7) is 2.57. The van der Waals surface area contributed by atoms with Gasteiger partial charge in [-0.15, -0.1) is 0 Å². The third-order valence-corrected chi connectivity index (χ3v) is 4.28. The highest BCUT2D eigenvalue weighted by atomic mass is 79.9. The molecular formula is C15H20BrN3O3. The molecule has 0 spiro atoms. The number of nitrogens with zero attached hydrogens (tertiary/aromatic N) is 1. The molecule has 2 heterocycles. The summed E-state index contributed by atoms with van der Waals surface area (Å²) < 4.78 is 17.3. The van der Waals surface area contributed by atoms with Gasteiger partial charge in [0.1, 0.15) is 0 Å². The van der Waals surface area contributed by atoms with E-state index in [0.717, 1.165) is 53.5 Å². The molecule has 0 saturated carbocycles. The van der Waals surface area contributed by atoms with E-state index in [0.29, 0.717) is 12.6 Å². The number of halogens is 1. The number of hydrogen-bond acceptors (Lipinski definition) is 4. The lowest BCUT2D eigenvalue weighted by atomic mass is 10.2. The van der Waals surface area contributed by atoms with E-state index < -0.39 is 0 Å². The Labute approximate surface area is 138 Å². The molecule has 22 heavy (non-hydrogen) atoms. The van der Waals surface area contributed by atoms with Gasteiger partial charge in [-0.05, 0) is 46.5 Å². The third-order valence-electron chi connectivity index (χ3n) is 3.69. The zero-order valence-corrected chi connectivity index (χ0v) is 14.1. The van der Waals surface area contributed by atoms with Crippen molar-refractivity contribution in [2.24, 2.45) is 4.99 Å². The van der Waals surface area contributed by atoms with Crippen LogP contribution in [0.5, 0.6) is 11.5 Å². The number of guanidine groups is 1. The van der Waals surface area contributed by atoms with Crippen molar-refractivity contribution in [2.45, 2.75) is 25.5 Å². The first-order valence-electron chi connectivity index (χ1n) is 7.40. The van der Waals surface area contributed by atoms with Crippen molar-refractivity contribution in [1.82, 2.24) is 10.6 Å². The number of aliphatic imine (C=N–C) groups is 1. The summed E-state index contributed by atoms with van der Waals surface area (Å²) in [5.74, 6) is 2.31. The molecule has 2 N–H and O–H groups in total. The molecule has 0 bridgehead atoms. The molecule has 1 unspecified atom stereocenters. The topological polar surface area (TPSA) is 64.1 Å². The molecule has 0 aromatic heterocycles. The van der Waals surface area contributed by atoms with Gasteiger partial charge >= 0.3 is 0 Å².